The Morgan fingerprint density at radius 1 is 0.966 bits per heavy atom. The number of rotatable bonds is 7. The van der Waals surface area contributed by atoms with E-state index in [0.717, 1.165) is 29.4 Å². The van der Waals surface area contributed by atoms with Crippen LogP contribution >= 0.6 is 0 Å². The first-order valence-corrected chi connectivity index (χ1v) is 9.96. The molecule has 1 aliphatic heterocycles. The van der Waals surface area contributed by atoms with Gasteiger partial charge in [0.05, 0.1) is 51.9 Å². The predicted molar refractivity (Wildman–Crippen MR) is 115 cm³/mol. The zero-order valence-corrected chi connectivity index (χ0v) is 18.6. The van der Waals surface area contributed by atoms with Gasteiger partial charge in [-0.1, -0.05) is 25.5 Å². The number of nitrogens with one attached hydrogen (secondary N) is 1. The second-order valence-electron chi connectivity index (χ2n) is 7.97. The van der Waals surface area contributed by atoms with Crippen LogP contribution in [0.1, 0.15) is 45.1 Å². The normalized spacial score (nSPS) is 15.3. The topological polar surface area (TPSA) is 64.6 Å². The summed E-state index contributed by atoms with van der Waals surface area (Å²) in [7, 11) is 7.06. The van der Waals surface area contributed by atoms with Crippen molar-refractivity contribution in [1.82, 2.24) is 9.80 Å². The molecule has 0 radical (unpaired) electrons. The van der Waals surface area contributed by atoms with Crippen molar-refractivity contribution in [3.8, 4) is 0 Å². The van der Waals surface area contributed by atoms with E-state index in [1.54, 1.807) is 0 Å². The minimum atomic E-state index is -0.545. The summed E-state index contributed by atoms with van der Waals surface area (Å²) in [5, 5.41) is 3.12. The van der Waals surface area contributed by atoms with Gasteiger partial charge in [-0.3, -0.25) is 4.48 Å². The number of carbonyl (C=O) groups excluding carboxylic acids is 2. The fourth-order valence-corrected chi connectivity index (χ4v) is 3.84. The van der Waals surface area contributed by atoms with E-state index in [2.05, 4.69) is 38.5 Å². The molecule has 1 aliphatic rings. The monoisotopic (exact) mass is 401 g/mol. The zero-order chi connectivity index (χ0) is 21.8. The van der Waals surface area contributed by atoms with Crippen LogP contribution in [0.5, 0.6) is 0 Å². The van der Waals surface area contributed by atoms with Crippen LogP contribution in [0.25, 0.3) is 0 Å². The number of allylic oxidation sites excluding steroid dienone is 2. The number of unbranched alkanes of at least 4 members (excludes halogenated alkanes) is 1. The highest BCUT2D eigenvalue weighted by atomic mass is 16.5. The molecule has 29 heavy (non-hydrogen) atoms. The average molecular weight is 402 g/mol. The molecule has 1 N–H and O–H groups in total. The largest absolute Gasteiger partial charge is 0.466 e. The zero-order valence-electron chi connectivity index (χ0n) is 18.6. The highest BCUT2D eigenvalue weighted by Crippen LogP contribution is 2.39. The molecule has 0 bridgehead atoms. The minimum Gasteiger partial charge on any atom is -0.466 e. The Bertz CT molecular complexity index is 797. The maximum atomic E-state index is 12.6. The molecule has 0 saturated heterocycles. The summed E-state index contributed by atoms with van der Waals surface area (Å²) in [6.45, 7) is 6.86. The van der Waals surface area contributed by atoms with Crippen molar-refractivity contribution < 1.29 is 19.1 Å². The molecule has 158 valence electrons. The summed E-state index contributed by atoms with van der Waals surface area (Å²) in [6.07, 6.45) is 2.29. The lowest BCUT2D eigenvalue weighted by Crippen LogP contribution is -2.41. The molecule has 0 aromatic heterocycles. The Kier molecular flexibility index (Phi) is 7.25. The molecule has 1 heterocycles. The van der Waals surface area contributed by atoms with Crippen LogP contribution in [0.4, 0.5) is 5.69 Å². The summed E-state index contributed by atoms with van der Waals surface area (Å²) in [5.74, 6) is -1.47. The van der Waals surface area contributed by atoms with Crippen LogP contribution in [-0.4, -0.2) is 46.8 Å². The Labute approximate surface area is 173 Å². The first kappa shape index (κ1) is 22.7. The van der Waals surface area contributed by atoms with Gasteiger partial charge in [-0.2, -0.15) is 0 Å². The molecule has 0 amide bonds. The molecule has 0 unspecified atom stereocenters. The van der Waals surface area contributed by atoms with Gasteiger partial charge in [0.2, 0.25) is 0 Å². The summed E-state index contributed by atoms with van der Waals surface area (Å²) in [5.41, 5.74) is 4.23. The van der Waals surface area contributed by atoms with Crippen LogP contribution in [0, 0.1) is 0 Å². The van der Waals surface area contributed by atoms with Crippen molar-refractivity contribution in [2.24, 2.45) is 0 Å². The third kappa shape index (κ3) is 4.70. The standard InChI is InChI=1S/C23H32N2O4/c1-8-9-14-25(4,5)18-12-10-17(11-13-18)21-19(22(26)28-6)15(2)24-16(3)20(21)23(27)29-7/h10-13,21H,8-9,14H2,1-7H3/p+1. The van der Waals surface area contributed by atoms with Gasteiger partial charge in [-0.25, -0.2) is 9.59 Å². The van der Waals surface area contributed by atoms with Gasteiger partial charge >= 0.3 is 11.9 Å². The van der Waals surface area contributed by atoms with Gasteiger partial charge in [0.25, 0.3) is 0 Å². The molecule has 6 heteroatoms. The van der Waals surface area contributed by atoms with E-state index in [4.69, 9.17) is 9.47 Å². The van der Waals surface area contributed by atoms with Gasteiger partial charge in [-0.05, 0) is 38.0 Å². The van der Waals surface area contributed by atoms with Crippen LogP contribution < -0.4 is 9.80 Å². The van der Waals surface area contributed by atoms with Crippen molar-refractivity contribution >= 4 is 17.6 Å². The van der Waals surface area contributed by atoms with Crippen LogP contribution in [0.2, 0.25) is 0 Å². The smallest absolute Gasteiger partial charge is 0.336 e. The minimum absolute atomic E-state index is 0.422. The summed E-state index contributed by atoms with van der Waals surface area (Å²) < 4.78 is 10.8. The number of nitrogens with zero attached hydrogens (tertiary/aromatic N) is 1. The van der Waals surface area contributed by atoms with E-state index in [1.165, 1.54) is 19.9 Å². The van der Waals surface area contributed by atoms with E-state index in [-0.39, 0.29) is 0 Å². The molecule has 0 spiro atoms. The number of ether oxygens (including phenoxy) is 2. The van der Waals surface area contributed by atoms with Gasteiger partial charge in [0.15, 0.2) is 0 Å². The van der Waals surface area contributed by atoms with Gasteiger partial charge < -0.3 is 14.8 Å². The van der Waals surface area contributed by atoms with Crippen LogP contribution in [0.15, 0.2) is 46.8 Å². The number of hydrogen-bond acceptors (Lipinski definition) is 5. The SMILES string of the molecule is CCCC[N+](C)(C)c1ccc(C2C(C(=O)OC)=C(C)NC(C)=C2C(=O)OC)cc1. The molecule has 6 nitrogen and oxygen atoms in total. The average Bonchev–Trinajstić information content (AvgIpc) is 2.70. The van der Waals surface area contributed by atoms with Crippen molar-refractivity contribution in [3.05, 3.63) is 52.4 Å². The molecule has 0 saturated carbocycles. The molecule has 2 rings (SSSR count). The number of dihydropyridines is 1. The molecule has 0 aliphatic carbocycles. The second-order valence-corrected chi connectivity index (χ2v) is 7.97. The molecule has 1 aromatic rings. The fourth-order valence-electron chi connectivity index (χ4n) is 3.84. The van der Waals surface area contributed by atoms with Crippen LogP contribution in [-0.2, 0) is 19.1 Å². The number of carbonyl (C=O) groups is 2. The third-order valence-corrected chi connectivity index (χ3v) is 5.57. The second kappa shape index (κ2) is 9.27. The summed E-state index contributed by atoms with van der Waals surface area (Å²) in [6, 6.07) is 8.12. The Morgan fingerprint density at radius 2 is 1.45 bits per heavy atom. The number of hydrogen-bond donors (Lipinski definition) is 1. The molecular formula is C23H33N2O4+. The highest BCUT2D eigenvalue weighted by molar-refractivity contribution is 5.99. The number of benzene rings is 1. The molecule has 0 atom stereocenters. The Balaban J connectivity index is 2.54. The highest BCUT2D eigenvalue weighted by Gasteiger charge is 2.37. The van der Waals surface area contributed by atoms with Gasteiger partial charge in [-0.15, -0.1) is 0 Å². The molecular weight excluding hydrogens is 368 g/mol. The summed E-state index contributed by atoms with van der Waals surface area (Å²) >= 11 is 0. The molecule has 0 fully saturated rings. The van der Waals surface area contributed by atoms with Crippen molar-refractivity contribution in [2.75, 3.05) is 34.9 Å². The van der Waals surface area contributed by atoms with Gasteiger partial charge in [0.1, 0.15) is 5.69 Å². The third-order valence-electron chi connectivity index (χ3n) is 5.57. The Morgan fingerprint density at radius 3 is 1.86 bits per heavy atom. The van der Waals surface area contributed by atoms with Gasteiger partial charge in [0, 0.05) is 11.4 Å². The summed E-state index contributed by atoms with van der Waals surface area (Å²) in [4.78, 5) is 25.1. The van der Waals surface area contributed by atoms with E-state index >= 15 is 0 Å². The van der Waals surface area contributed by atoms with E-state index in [9.17, 15) is 9.59 Å². The lowest BCUT2D eigenvalue weighted by Gasteiger charge is -2.31. The van der Waals surface area contributed by atoms with Crippen molar-refractivity contribution in [3.63, 3.8) is 0 Å². The number of methoxy groups -OCH3 is 2. The lowest BCUT2D eigenvalue weighted by atomic mass is 9.80. The predicted octanol–water partition coefficient (Wildman–Crippen LogP) is 3.63. The van der Waals surface area contributed by atoms with Crippen molar-refractivity contribution in [2.45, 2.75) is 39.5 Å². The number of esters is 2. The lowest BCUT2D eigenvalue weighted by molar-refractivity contribution is -0.137. The van der Waals surface area contributed by atoms with E-state index < -0.39 is 17.9 Å². The fraction of sp³-hybridized carbons (Fsp3) is 0.478. The maximum Gasteiger partial charge on any atom is 0.336 e. The first-order chi connectivity index (χ1) is 13.7. The van der Waals surface area contributed by atoms with Crippen LogP contribution in [0.3, 0.4) is 0 Å². The van der Waals surface area contributed by atoms with E-state index in [0.29, 0.717) is 22.5 Å². The maximum absolute atomic E-state index is 12.6. The first-order valence-electron chi connectivity index (χ1n) is 9.96. The quantitative estimate of drug-likeness (QED) is 0.558. The van der Waals surface area contributed by atoms with E-state index in [1.807, 2.05) is 26.0 Å². The Hall–Kier alpha value is -2.60. The molecule has 1 aromatic carbocycles. The van der Waals surface area contributed by atoms with Crippen molar-refractivity contribution in [1.29, 1.82) is 0 Å². The number of quaternary nitrogens is 1.